The third-order valence-electron chi connectivity index (χ3n) is 3.19. The Kier molecular flexibility index (Phi) is 8.67. The van der Waals surface area contributed by atoms with E-state index in [0.29, 0.717) is 0 Å². The second-order valence-electron chi connectivity index (χ2n) is 4.33. The van der Waals surface area contributed by atoms with Gasteiger partial charge in [0.15, 0.2) is 0 Å². The highest BCUT2D eigenvalue weighted by Crippen LogP contribution is 2.27. The third-order valence-corrected chi connectivity index (χ3v) is 3.19. The van der Waals surface area contributed by atoms with Gasteiger partial charge in [-0.3, -0.25) is 4.90 Å². The second kappa shape index (κ2) is 9.09. The highest BCUT2D eigenvalue weighted by atomic mass is 35.5. The molecule has 3 nitrogen and oxygen atoms in total. The van der Waals surface area contributed by atoms with E-state index >= 15 is 0 Å². The first-order chi connectivity index (χ1) is 8.72. The van der Waals surface area contributed by atoms with Crippen LogP contribution in [0.25, 0.3) is 0 Å². The number of piperazine rings is 1. The molecule has 0 bridgehead atoms. The van der Waals surface area contributed by atoms with Crippen LogP contribution in [0.15, 0.2) is 18.2 Å². The summed E-state index contributed by atoms with van der Waals surface area (Å²) in [5, 5.41) is 12.1. The molecule has 1 fully saturated rings. The van der Waals surface area contributed by atoms with Gasteiger partial charge in [-0.25, -0.2) is 8.78 Å². The van der Waals surface area contributed by atoms with Crippen LogP contribution in [0.5, 0.6) is 0 Å². The molecular formula is C13H17Cl2F2N3. The van der Waals surface area contributed by atoms with E-state index in [2.05, 4.69) is 11.4 Å². The van der Waals surface area contributed by atoms with Crippen LogP contribution in [0.3, 0.4) is 0 Å². The molecule has 1 aromatic carbocycles. The molecule has 1 aliphatic heterocycles. The molecule has 1 aromatic rings. The normalized spacial score (nSPS) is 16.4. The predicted octanol–water partition coefficient (Wildman–Crippen LogP) is 2.67. The van der Waals surface area contributed by atoms with Gasteiger partial charge in [0.25, 0.3) is 0 Å². The smallest absolute Gasteiger partial charge is 0.128 e. The van der Waals surface area contributed by atoms with Crippen molar-refractivity contribution in [3.63, 3.8) is 0 Å². The van der Waals surface area contributed by atoms with Crippen LogP contribution in [0, 0.1) is 23.0 Å². The molecule has 7 heteroatoms. The summed E-state index contributed by atoms with van der Waals surface area (Å²) >= 11 is 0. The number of hydrogen-bond donors (Lipinski definition) is 1. The van der Waals surface area contributed by atoms with Crippen molar-refractivity contribution in [1.82, 2.24) is 10.2 Å². The molecule has 1 aliphatic rings. The van der Waals surface area contributed by atoms with Crippen LogP contribution in [-0.4, -0.2) is 31.1 Å². The lowest BCUT2D eigenvalue weighted by Crippen LogP contribution is -2.45. The van der Waals surface area contributed by atoms with Gasteiger partial charge in [-0.2, -0.15) is 5.26 Å². The largest absolute Gasteiger partial charge is 0.314 e. The SMILES string of the molecule is Cl.Cl.N#CC[C@H](c1cc(F)ccc1F)N1CCNCC1. The fourth-order valence-electron chi connectivity index (χ4n) is 2.29. The summed E-state index contributed by atoms with van der Waals surface area (Å²) in [7, 11) is 0. The standard InChI is InChI=1S/C13H15F2N3.2ClH/c14-10-1-2-12(15)11(9-10)13(3-4-16)18-7-5-17-6-8-18;;/h1-2,9,13,17H,3,5-8H2;2*1H/t13-;;/m1../s1. The highest BCUT2D eigenvalue weighted by Gasteiger charge is 2.24. The van der Waals surface area contributed by atoms with Crippen molar-refractivity contribution in [2.24, 2.45) is 0 Å². The lowest BCUT2D eigenvalue weighted by atomic mass is 10.0. The molecule has 0 aromatic heterocycles. The monoisotopic (exact) mass is 323 g/mol. The maximum atomic E-state index is 13.8. The number of nitriles is 1. The van der Waals surface area contributed by atoms with Crippen molar-refractivity contribution in [3.05, 3.63) is 35.4 Å². The summed E-state index contributed by atoms with van der Waals surface area (Å²) in [5.74, 6) is -0.917. The maximum absolute atomic E-state index is 13.8. The second-order valence-corrected chi connectivity index (χ2v) is 4.33. The van der Waals surface area contributed by atoms with Crippen LogP contribution >= 0.6 is 24.8 Å². The molecule has 1 N–H and O–H groups in total. The molecule has 0 amide bonds. The van der Waals surface area contributed by atoms with Crippen molar-refractivity contribution in [1.29, 1.82) is 5.26 Å². The van der Waals surface area contributed by atoms with E-state index in [-0.39, 0.29) is 42.8 Å². The summed E-state index contributed by atoms with van der Waals surface area (Å²) < 4.78 is 27.0. The van der Waals surface area contributed by atoms with Gasteiger partial charge in [0.1, 0.15) is 11.6 Å². The Balaban J connectivity index is 0.00000180. The van der Waals surface area contributed by atoms with Gasteiger partial charge in [-0.15, -0.1) is 24.8 Å². The first kappa shape index (κ1) is 19.1. The Bertz CT molecular complexity index is 459. The first-order valence-electron chi connectivity index (χ1n) is 5.99. The van der Waals surface area contributed by atoms with Crippen LogP contribution in [0.1, 0.15) is 18.0 Å². The van der Waals surface area contributed by atoms with Gasteiger partial charge in [-0.1, -0.05) is 0 Å². The van der Waals surface area contributed by atoms with Crippen molar-refractivity contribution in [3.8, 4) is 6.07 Å². The van der Waals surface area contributed by atoms with E-state index in [0.717, 1.165) is 38.3 Å². The highest BCUT2D eigenvalue weighted by molar-refractivity contribution is 5.85. The Morgan fingerprint density at radius 3 is 2.50 bits per heavy atom. The molecule has 0 saturated carbocycles. The van der Waals surface area contributed by atoms with Crippen molar-refractivity contribution < 1.29 is 8.78 Å². The van der Waals surface area contributed by atoms with Gasteiger partial charge in [0.05, 0.1) is 18.5 Å². The van der Waals surface area contributed by atoms with Crippen LogP contribution in [0.4, 0.5) is 8.78 Å². The van der Waals surface area contributed by atoms with Crippen molar-refractivity contribution in [2.45, 2.75) is 12.5 Å². The predicted molar refractivity (Wildman–Crippen MR) is 78.3 cm³/mol. The molecule has 1 atom stereocenters. The van der Waals surface area contributed by atoms with Gasteiger partial charge >= 0.3 is 0 Å². The molecule has 20 heavy (non-hydrogen) atoms. The van der Waals surface area contributed by atoms with Crippen LogP contribution in [-0.2, 0) is 0 Å². The minimum absolute atomic E-state index is 0. The van der Waals surface area contributed by atoms with E-state index in [9.17, 15) is 8.78 Å². The number of rotatable bonds is 3. The van der Waals surface area contributed by atoms with Gasteiger partial charge in [-0.05, 0) is 18.2 Å². The fraction of sp³-hybridized carbons (Fsp3) is 0.462. The van der Waals surface area contributed by atoms with E-state index in [4.69, 9.17) is 5.26 Å². The molecule has 0 aliphatic carbocycles. The van der Waals surface area contributed by atoms with Crippen LogP contribution < -0.4 is 5.32 Å². The maximum Gasteiger partial charge on any atom is 0.128 e. The Morgan fingerprint density at radius 2 is 1.90 bits per heavy atom. The quantitative estimate of drug-likeness (QED) is 0.929. The Morgan fingerprint density at radius 1 is 1.25 bits per heavy atom. The summed E-state index contributed by atoms with van der Waals surface area (Å²) in [6, 6.07) is 5.10. The molecule has 1 heterocycles. The molecular weight excluding hydrogens is 307 g/mol. The van der Waals surface area contributed by atoms with E-state index in [1.807, 2.05) is 4.90 Å². The number of nitrogens with zero attached hydrogens (tertiary/aromatic N) is 2. The summed E-state index contributed by atoms with van der Waals surface area (Å²) in [6.45, 7) is 3.09. The lowest BCUT2D eigenvalue weighted by Gasteiger charge is -2.34. The topological polar surface area (TPSA) is 39.1 Å². The minimum Gasteiger partial charge on any atom is -0.314 e. The lowest BCUT2D eigenvalue weighted by molar-refractivity contribution is 0.172. The fourth-order valence-corrected chi connectivity index (χ4v) is 2.29. The zero-order chi connectivity index (χ0) is 13.0. The summed E-state index contributed by atoms with van der Waals surface area (Å²) in [5.41, 5.74) is 0.276. The first-order valence-corrected chi connectivity index (χ1v) is 5.99. The van der Waals surface area contributed by atoms with E-state index in [1.54, 1.807) is 0 Å². The third kappa shape index (κ3) is 4.57. The number of halogens is 4. The van der Waals surface area contributed by atoms with Gasteiger partial charge in [0, 0.05) is 31.7 Å². The molecule has 0 unspecified atom stereocenters. The molecule has 2 rings (SSSR count). The molecule has 0 radical (unpaired) electrons. The summed E-state index contributed by atoms with van der Waals surface area (Å²) in [4.78, 5) is 2.03. The van der Waals surface area contributed by atoms with Crippen molar-refractivity contribution >= 4 is 24.8 Å². The molecule has 1 saturated heterocycles. The van der Waals surface area contributed by atoms with Crippen molar-refractivity contribution in [2.75, 3.05) is 26.2 Å². The van der Waals surface area contributed by atoms with E-state index in [1.165, 1.54) is 6.07 Å². The van der Waals surface area contributed by atoms with Gasteiger partial charge in [0.2, 0.25) is 0 Å². The molecule has 112 valence electrons. The number of nitrogens with one attached hydrogen (secondary N) is 1. The van der Waals surface area contributed by atoms with Crippen LogP contribution in [0.2, 0.25) is 0 Å². The summed E-state index contributed by atoms with van der Waals surface area (Å²) in [6.07, 6.45) is 0.167. The Hall–Kier alpha value is -0.930. The number of benzene rings is 1. The Labute approximate surface area is 129 Å². The van der Waals surface area contributed by atoms with E-state index < -0.39 is 11.6 Å². The average molecular weight is 324 g/mol. The average Bonchev–Trinajstić information content (AvgIpc) is 2.40. The number of hydrogen-bond acceptors (Lipinski definition) is 3. The molecule has 0 spiro atoms. The minimum atomic E-state index is -0.468. The zero-order valence-electron chi connectivity index (χ0n) is 10.8. The zero-order valence-corrected chi connectivity index (χ0v) is 12.4. The van der Waals surface area contributed by atoms with Gasteiger partial charge < -0.3 is 5.32 Å².